The van der Waals surface area contributed by atoms with E-state index >= 15 is 0 Å². The van der Waals surface area contributed by atoms with E-state index in [1.54, 1.807) is 0 Å². The van der Waals surface area contributed by atoms with Crippen molar-refractivity contribution in [3.8, 4) is 0 Å². The van der Waals surface area contributed by atoms with E-state index in [0.29, 0.717) is 0 Å². The van der Waals surface area contributed by atoms with E-state index < -0.39 is 17.7 Å². The molecule has 1 rings (SSSR count). The quantitative estimate of drug-likeness (QED) is 0.823. The fourth-order valence-corrected chi connectivity index (χ4v) is 1.51. The zero-order chi connectivity index (χ0) is 10.7. The van der Waals surface area contributed by atoms with E-state index in [0.717, 1.165) is 6.07 Å². The molecule has 1 atom stereocenters. The maximum Gasteiger partial charge on any atom is 0.145 e. The highest BCUT2D eigenvalue weighted by Crippen LogP contribution is 2.26. The van der Waals surface area contributed by atoms with Gasteiger partial charge < -0.3 is 10.8 Å². The summed E-state index contributed by atoms with van der Waals surface area (Å²) in [4.78, 5) is 0. The fourth-order valence-electron chi connectivity index (χ4n) is 1.17. The van der Waals surface area contributed by atoms with E-state index in [2.05, 4.69) is 15.9 Å². The molecule has 0 aliphatic heterocycles. The maximum atomic E-state index is 13.4. The number of hydrogen-bond donors (Lipinski definition) is 2. The summed E-state index contributed by atoms with van der Waals surface area (Å²) in [7, 11) is 0. The summed E-state index contributed by atoms with van der Waals surface area (Å²) >= 11 is 2.94. The highest BCUT2D eigenvalue weighted by atomic mass is 79.9. The molecule has 5 heteroatoms. The molecule has 0 heterocycles. The van der Waals surface area contributed by atoms with Crippen molar-refractivity contribution >= 4 is 15.9 Å². The van der Waals surface area contributed by atoms with Crippen LogP contribution >= 0.6 is 15.9 Å². The van der Waals surface area contributed by atoms with Crippen LogP contribution in [0.1, 0.15) is 18.0 Å². The Balaban J connectivity index is 3.11. The van der Waals surface area contributed by atoms with E-state index in [1.165, 1.54) is 6.07 Å². The summed E-state index contributed by atoms with van der Waals surface area (Å²) in [6.45, 7) is -0.202. The van der Waals surface area contributed by atoms with Crippen molar-refractivity contribution in [3.05, 3.63) is 33.8 Å². The molecule has 0 fully saturated rings. The number of nitrogens with two attached hydrogens (primary N) is 1. The van der Waals surface area contributed by atoms with Crippen molar-refractivity contribution in [3.63, 3.8) is 0 Å². The first kappa shape index (κ1) is 11.6. The Morgan fingerprint density at radius 1 is 1.43 bits per heavy atom. The number of benzene rings is 1. The van der Waals surface area contributed by atoms with Crippen LogP contribution in [0.3, 0.4) is 0 Å². The van der Waals surface area contributed by atoms with Crippen LogP contribution in [0.15, 0.2) is 16.6 Å². The second-order valence-electron chi connectivity index (χ2n) is 2.88. The minimum Gasteiger partial charge on any atom is -0.396 e. The third-order valence-corrected chi connectivity index (χ3v) is 2.50. The lowest BCUT2D eigenvalue weighted by molar-refractivity contribution is 0.274. The Bertz CT molecular complexity index is 333. The van der Waals surface area contributed by atoms with Crippen LogP contribution in [0.4, 0.5) is 8.78 Å². The molecular formula is C9H10BrF2NO. The molecule has 2 nitrogen and oxygen atoms in total. The molecule has 0 spiro atoms. The second kappa shape index (κ2) is 4.82. The van der Waals surface area contributed by atoms with Gasteiger partial charge in [0.1, 0.15) is 11.6 Å². The zero-order valence-electron chi connectivity index (χ0n) is 7.30. The number of hydrogen-bond acceptors (Lipinski definition) is 2. The van der Waals surface area contributed by atoms with Gasteiger partial charge in [0.2, 0.25) is 0 Å². The molecule has 0 amide bonds. The van der Waals surface area contributed by atoms with Gasteiger partial charge in [0.05, 0.1) is 4.47 Å². The molecule has 1 unspecified atom stereocenters. The fraction of sp³-hybridized carbons (Fsp3) is 0.333. The Morgan fingerprint density at radius 3 is 2.64 bits per heavy atom. The number of aliphatic hydroxyl groups excluding tert-OH is 1. The molecule has 0 saturated carbocycles. The molecule has 3 N–H and O–H groups in total. The zero-order valence-corrected chi connectivity index (χ0v) is 8.89. The lowest BCUT2D eigenvalue weighted by atomic mass is 10.0. The summed E-state index contributed by atoms with van der Waals surface area (Å²) in [6.07, 6.45) is 0.129. The second-order valence-corrected chi connectivity index (χ2v) is 3.73. The molecule has 0 aromatic heterocycles. The van der Waals surface area contributed by atoms with Crippen LogP contribution in [0.25, 0.3) is 0 Å². The highest BCUT2D eigenvalue weighted by Gasteiger charge is 2.18. The minimum atomic E-state index is -0.822. The third-order valence-electron chi connectivity index (χ3n) is 1.89. The van der Waals surface area contributed by atoms with Gasteiger partial charge in [-0.1, -0.05) is 0 Å². The number of rotatable bonds is 3. The van der Waals surface area contributed by atoms with Gasteiger partial charge in [0.25, 0.3) is 0 Å². The van der Waals surface area contributed by atoms with Gasteiger partial charge in [-0.15, -0.1) is 0 Å². The lowest BCUT2D eigenvalue weighted by Gasteiger charge is -2.13. The summed E-state index contributed by atoms with van der Waals surface area (Å²) in [6, 6.07) is 1.59. The molecule has 1 aromatic carbocycles. The summed E-state index contributed by atoms with van der Waals surface area (Å²) in [5.74, 6) is -1.39. The van der Waals surface area contributed by atoms with Gasteiger partial charge >= 0.3 is 0 Å². The van der Waals surface area contributed by atoms with Gasteiger partial charge in [-0.3, -0.25) is 0 Å². The summed E-state index contributed by atoms with van der Waals surface area (Å²) in [5.41, 5.74) is 5.33. The standard InChI is InChI=1S/C9H10BrF2NO/c10-5-1-2-6(11)8(9(5)12)7(13)3-4-14/h1-2,7,14H,3-4,13H2. The molecule has 0 saturated heterocycles. The van der Waals surface area contributed by atoms with Crippen molar-refractivity contribution < 1.29 is 13.9 Å². The predicted octanol–water partition coefficient (Wildman–Crippen LogP) is 2.11. The molecule has 1 aromatic rings. The predicted molar refractivity (Wildman–Crippen MR) is 52.7 cm³/mol. The smallest absolute Gasteiger partial charge is 0.145 e. The van der Waals surface area contributed by atoms with E-state index in [-0.39, 0.29) is 23.1 Å². The van der Waals surface area contributed by atoms with Crippen molar-refractivity contribution in [2.24, 2.45) is 5.73 Å². The summed E-state index contributed by atoms with van der Waals surface area (Å²) in [5, 5.41) is 8.61. The van der Waals surface area contributed by atoms with Gasteiger partial charge in [0.15, 0.2) is 0 Å². The average Bonchev–Trinajstić information content (AvgIpc) is 2.13. The normalized spacial score (nSPS) is 12.9. The van der Waals surface area contributed by atoms with E-state index in [1.807, 2.05) is 0 Å². The van der Waals surface area contributed by atoms with Crippen LogP contribution in [-0.4, -0.2) is 11.7 Å². The first-order chi connectivity index (χ1) is 6.57. The average molecular weight is 266 g/mol. The van der Waals surface area contributed by atoms with Crippen molar-refractivity contribution in [1.29, 1.82) is 0 Å². The first-order valence-corrected chi connectivity index (χ1v) is 4.87. The van der Waals surface area contributed by atoms with Gasteiger partial charge in [0, 0.05) is 18.2 Å². The molecule has 0 aliphatic rings. The van der Waals surface area contributed by atoms with Crippen LogP contribution < -0.4 is 5.73 Å². The van der Waals surface area contributed by atoms with E-state index in [4.69, 9.17) is 10.8 Å². The van der Waals surface area contributed by atoms with Crippen molar-refractivity contribution in [2.75, 3.05) is 6.61 Å². The van der Waals surface area contributed by atoms with Crippen molar-refractivity contribution in [1.82, 2.24) is 0 Å². The van der Waals surface area contributed by atoms with Gasteiger partial charge in [-0.25, -0.2) is 8.78 Å². The monoisotopic (exact) mass is 265 g/mol. The SMILES string of the molecule is NC(CCO)c1c(F)ccc(Br)c1F. The van der Waals surface area contributed by atoms with Crippen LogP contribution in [0.5, 0.6) is 0 Å². The maximum absolute atomic E-state index is 13.4. The highest BCUT2D eigenvalue weighted by molar-refractivity contribution is 9.10. The first-order valence-electron chi connectivity index (χ1n) is 4.07. The Morgan fingerprint density at radius 2 is 2.07 bits per heavy atom. The molecule has 0 aliphatic carbocycles. The minimum absolute atomic E-state index is 0.129. The molecule has 0 bridgehead atoms. The Kier molecular flexibility index (Phi) is 3.97. The topological polar surface area (TPSA) is 46.2 Å². The summed E-state index contributed by atoms with van der Waals surface area (Å²) < 4.78 is 26.7. The number of aliphatic hydroxyl groups is 1. The molecule has 14 heavy (non-hydrogen) atoms. The Labute approximate surface area is 88.9 Å². The number of halogens is 3. The molecule has 0 radical (unpaired) electrons. The van der Waals surface area contributed by atoms with E-state index in [9.17, 15) is 8.78 Å². The van der Waals surface area contributed by atoms with Gasteiger partial charge in [-0.2, -0.15) is 0 Å². The third kappa shape index (κ3) is 2.29. The van der Waals surface area contributed by atoms with Gasteiger partial charge in [-0.05, 0) is 34.5 Å². The van der Waals surface area contributed by atoms with Crippen LogP contribution in [0, 0.1) is 11.6 Å². The molecular weight excluding hydrogens is 256 g/mol. The van der Waals surface area contributed by atoms with Crippen LogP contribution in [0.2, 0.25) is 0 Å². The Hall–Kier alpha value is -0.520. The largest absolute Gasteiger partial charge is 0.396 e. The lowest BCUT2D eigenvalue weighted by Crippen LogP contribution is -2.15. The van der Waals surface area contributed by atoms with Crippen LogP contribution in [-0.2, 0) is 0 Å². The molecule has 78 valence electrons. The van der Waals surface area contributed by atoms with Crippen molar-refractivity contribution in [2.45, 2.75) is 12.5 Å².